The molecule has 3 rings (SSSR count). The molecule has 2 aromatic heterocycles. The molecule has 5 heteroatoms. The van der Waals surface area contributed by atoms with Gasteiger partial charge in [0.05, 0.1) is 0 Å². The number of rotatable bonds is 3. The molecular weight excluding hydrogens is 264 g/mol. The summed E-state index contributed by atoms with van der Waals surface area (Å²) in [6.45, 7) is 4.11. The molecule has 1 amide bonds. The molecule has 0 aliphatic rings. The lowest BCUT2D eigenvalue weighted by atomic mass is 10.1. The minimum Gasteiger partial charge on any atom is -0.358 e. The number of nitrogens with zero attached hydrogens (tertiary/aromatic N) is 2. The van der Waals surface area contributed by atoms with Crippen LogP contribution in [0.3, 0.4) is 0 Å². The van der Waals surface area contributed by atoms with Crippen LogP contribution in [0, 0.1) is 6.92 Å². The lowest BCUT2D eigenvalue weighted by Gasteiger charge is -2.13. The number of benzene rings is 1. The Hall–Kier alpha value is -2.56. The second kappa shape index (κ2) is 5.44. The maximum absolute atomic E-state index is 12.0. The molecule has 2 heterocycles. The topological polar surface area (TPSA) is 62.7 Å². The van der Waals surface area contributed by atoms with E-state index in [1.54, 1.807) is 12.4 Å². The molecule has 0 aliphatic carbocycles. The number of H-pyrrole nitrogens is 1. The highest BCUT2D eigenvalue weighted by atomic mass is 16.2. The number of carbonyl (C=O) groups is 1. The van der Waals surface area contributed by atoms with E-state index in [0.29, 0.717) is 0 Å². The van der Waals surface area contributed by atoms with Gasteiger partial charge in [-0.2, -0.15) is 0 Å². The van der Waals surface area contributed by atoms with Crippen molar-refractivity contribution in [1.29, 1.82) is 0 Å². The summed E-state index contributed by atoms with van der Waals surface area (Å²) in [4.78, 5) is 19.3. The molecule has 0 saturated heterocycles. The van der Waals surface area contributed by atoms with E-state index in [9.17, 15) is 4.79 Å². The Morgan fingerprint density at radius 1 is 1.43 bits per heavy atom. The number of imidazole rings is 1. The molecule has 3 aromatic rings. The Morgan fingerprint density at radius 3 is 2.95 bits per heavy atom. The van der Waals surface area contributed by atoms with Gasteiger partial charge >= 0.3 is 6.03 Å². The fourth-order valence-electron chi connectivity index (χ4n) is 2.56. The molecule has 5 nitrogen and oxygen atoms in total. The van der Waals surface area contributed by atoms with E-state index in [-0.39, 0.29) is 12.1 Å². The van der Waals surface area contributed by atoms with E-state index >= 15 is 0 Å². The molecule has 0 bridgehead atoms. The number of aromatic nitrogens is 3. The smallest absolute Gasteiger partial charge is 0.327 e. The Balaban J connectivity index is 1.73. The SMILES string of the molecule is Cc1c(CC(C)NC(=O)n2ccnc2)[nH]c2ccccc12. The summed E-state index contributed by atoms with van der Waals surface area (Å²) < 4.78 is 1.44. The van der Waals surface area contributed by atoms with Crippen molar-refractivity contribution >= 4 is 16.9 Å². The second-order valence-electron chi connectivity index (χ2n) is 5.30. The van der Waals surface area contributed by atoms with Crippen LogP contribution in [-0.4, -0.2) is 26.6 Å². The van der Waals surface area contributed by atoms with Crippen molar-refractivity contribution in [2.24, 2.45) is 0 Å². The zero-order valence-corrected chi connectivity index (χ0v) is 12.1. The highest BCUT2D eigenvalue weighted by Gasteiger charge is 2.13. The number of carbonyl (C=O) groups excluding carboxylic acids is 1. The van der Waals surface area contributed by atoms with Crippen molar-refractivity contribution in [2.45, 2.75) is 26.3 Å². The lowest BCUT2D eigenvalue weighted by Crippen LogP contribution is -2.36. The Bertz CT molecular complexity index is 758. The number of aryl methyl sites for hydroxylation is 1. The van der Waals surface area contributed by atoms with Gasteiger partial charge in [0.15, 0.2) is 0 Å². The normalized spacial score (nSPS) is 12.5. The van der Waals surface area contributed by atoms with E-state index in [0.717, 1.165) is 17.6 Å². The van der Waals surface area contributed by atoms with Gasteiger partial charge in [0.1, 0.15) is 6.33 Å². The summed E-state index contributed by atoms with van der Waals surface area (Å²) in [5.41, 5.74) is 3.54. The standard InChI is InChI=1S/C16H18N4O/c1-11(18-16(21)20-8-7-17-10-20)9-15-12(2)13-5-3-4-6-14(13)19-15/h3-8,10-11,19H,9H2,1-2H3,(H,18,21). The van der Waals surface area contributed by atoms with E-state index in [1.807, 2.05) is 19.1 Å². The predicted molar refractivity (Wildman–Crippen MR) is 82.4 cm³/mol. The minimum atomic E-state index is -0.159. The first-order chi connectivity index (χ1) is 10.1. The monoisotopic (exact) mass is 282 g/mol. The van der Waals surface area contributed by atoms with Crippen molar-refractivity contribution in [3.05, 3.63) is 54.2 Å². The van der Waals surface area contributed by atoms with Crippen LogP contribution < -0.4 is 5.32 Å². The van der Waals surface area contributed by atoms with Gasteiger partial charge in [-0.1, -0.05) is 18.2 Å². The van der Waals surface area contributed by atoms with Crippen LogP contribution in [0.4, 0.5) is 4.79 Å². The predicted octanol–water partition coefficient (Wildman–Crippen LogP) is 2.86. The van der Waals surface area contributed by atoms with E-state index in [1.165, 1.54) is 21.8 Å². The number of hydrogen-bond donors (Lipinski definition) is 2. The molecule has 2 N–H and O–H groups in total. The summed E-state index contributed by atoms with van der Waals surface area (Å²) in [6, 6.07) is 8.11. The van der Waals surface area contributed by atoms with Crippen molar-refractivity contribution in [3.8, 4) is 0 Å². The summed E-state index contributed by atoms with van der Waals surface area (Å²) in [5.74, 6) is 0. The highest BCUT2D eigenvalue weighted by Crippen LogP contribution is 2.22. The first-order valence-corrected chi connectivity index (χ1v) is 7.00. The Kier molecular flexibility index (Phi) is 3.48. The maximum Gasteiger partial charge on any atom is 0.327 e. The van der Waals surface area contributed by atoms with Gasteiger partial charge in [0.25, 0.3) is 0 Å². The van der Waals surface area contributed by atoms with Crippen LogP contribution in [0.1, 0.15) is 18.2 Å². The fourth-order valence-corrected chi connectivity index (χ4v) is 2.56. The third kappa shape index (κ3) is 2.67. The van der Waals surface area contributed by atoms with Gasteiger partial charge in [-0.05, 0) is 25.5 Å². The molecule has 0 fully saturated rings. The van der Waals surface area contributed by atoms with Crippen molar-refractivity contribution in [2.75, 3.05) is 0 Å². The van der Waals surface area contributed by atoms with E-state index < -0.39 is 0 Å². The van der Waals surface area contributed by atoms with Crippen LogP contribution in [0.25, 0.3) is 10.9 Å². The molecule has 1 unspecified atom stereocenters. The number of hydrogen-bond acceptors (Lipinski definition) is 2. The molecule has 0 radical (unpaired) electrons. The molecule has 1 aromatic carbocycles. The number of aromatic amines is 1. The van der Waals surface area contributed by atoms with Crippen LogP contribution in [0.2, 0.25) is 0 Å². The Morgan fingerprint density at radius 2 is 2.24 bits per heavy atom. The van der Waals surface area contributed by atoms with E-state index in [2.05, 4.69) is 34.3 Å². The largest absolute Gasteiger partial charge is 0.358 e. The van der Waals surface area contributed by atoms with Crippen molar-refractivity contribution < 1.29 is 4.79 Å². The summed E-state index contributed by atoms with van der Waals surface area (Å²) in [5, 5.41) is 4.20. The van der Waals surface area contributed by atoms with Gasteiger partial charge in [-0.3, -0.25) is 4.57 Å². The van der Waals surface area contributed by atoms with Crippen molar-refractivity contribution in [3.63, 3.8) is 0 Å². The quantitative estimate of drug-likeness (QED) is 0.776. The van der Waals surface area contributed by atoms with Gasteiger partial charge in [-0.25, -0.2) is 9.78 Å². The molecule has 21 heavy (non-hydrogen) atoms. The lowest BCUT2D eigenvalue weighted by molar-refractivity contribution is 0.239. The zero-order chi connectivity index (χ0) is 14.8. The minimum absolute atomic E-state index is 0.0339. The summed E-state index contributed by atoms with van der Waals surface area (Å²) in [6.07, 6.45) is 5.49. The molecule has 0 aliphatic heterocycles. The number of nitrogens with one attached hydrogen (secondary N) is 2. The molecular formula is C16H18N4O. The third-order valence-corrected chi connectivity index (χ3v) is 3.69. The number of para-hydroxylation sites is 1. The maximum atomic E-state index is 12.0. The molecule has 108 valence electrons. The summed E-state index contributed by atoms with van der Waals surface area (Å²) >= 11 is 0. The number of fused-ring (bicyclic) bond motifs is 1. The van der Waals surface area contributed by atoms with E-state index in [4.69, 9.17) is 0 Å². The van der Waals surface area contributed by atoms with Gasteiger partial charge in [0, 0.05) is 41.5 Å². The third-order valence-electron chi connectivity index (χ3n) is 3.69. The van der Waals surface area contributed by atoms with Crippen LogP contribution in [-0.2, 0) is 6.42 Å². The summed E-state index contributed by atoms with van der Waals surface area (Å²) in [7, 11) is 0. The molecule has 0 saturated carbocycles. The van der Waals surface area contributed by atoms with Crippen molar-refractivity contribution in [1.82, 2.24) is 19.9 Å². The van der Waals surface area contributed by atoms with Gasteiger partial charge in [0.2, 0.25) is 0 Å². The molecule has 0 spiro atoms. The first-order valence-electron chi connectivity index (χ1n) is 7.00. The van der Waals surface area contributed by atoms with Crippen LogP contribution in [0.15, 0.2) is 43.0 Å². The Labute approximate surface area is 123 Å². The first kappa shape index (κ1) is 13.4. The van der Waals surface area contributed by atoms with Crippen LogP contribution in [0.5, 0.6) is 0 Å². The zero-order valence-electron chi connectivity index (χ0n) is 12.1. The fraction of sp³-hybridized carbons (Fsp3) is 0.250. The van der Waals surface area contributed by atoms with Gasteiger partial charge < -0.3 is 10.3 Å². The average molecular weight is 282 g/mol. The van der Waals surface area contributed by atoms with Gasteiger partial charge in [-0.15, -0.1) is 0 Å². The average Bonchev–Trinajstić information content (AvgIpc) is 3.09. The second-order valence-corrected chi connectivity index (χ2v) is 5.30. The highest BCUT2D eigenvalue weighted by molar-refractivity contribution is 5.84. The van der Waals surface area contributed by atoms with Crippen LogP contribution >= 0.6 is 0 Å². The number of amides is 1. The molecule has 1 atom stereocenters.